The molecule has 0 saturated carbocycles. The Hall–Kier alpha value is -2.01. The molecule has 0 fully saturated rings. The molecular formula is C13H13N3OS. The van der Waals surface area contributed by atoms with Gasteiger partial charge in [-0.3, -0.25) is 9.36 Å². The van der Waals surface area contributed by atoms with Gasteiger partial charge in [-0.1, -0.05) is 36.5 Å². The van der Waals surface area contributed by atoms with E-state index in [0.717, 1.165) is 11.1 Å². The van der Waals surface area contributed by atoms with Gasteiger partial charge in [-0.05, 0) is 12.5 Å². The molecule has 0 spiro atoms. The second-order valence-corrected chi connectivity index (χ2v) is 4.46. The van der Waals surface area contributed by atoms with Gasteiger partial charge in [0.2, 0.25) is 0 Å². The summed E-state index contributed by atoms with van der Waals surface area (Å²) >= 11 is 4.99. The summed E-state index contributed by atoms with van der Waals surface area (Å²) < 4.78 is 1.53. The first kappa shape index (κ1) is 12.4. The molecule has 4 nitrogen and oxygen atoms in total. The summed E-state index contributed by atoms with van der Waals surface area (Å²) in [5.74, 6) is 0. The van der Waals surface area contributed by atoms with Crippen LogP contribution in [0.4, 0.5) is 0 Å². The maximum Gasteiger partial charge on any atom is 0.253 e. The van der Waals surface area contributed by atoms with Gasteiger partial charge in [-0.15, -0.1) is 0 Å². The van der Waals surface area contributed by atoms with Crippen molar-refractivity contribution in [3.05, 3.63) is 63.8 Å². The molecule has 92 valence electrons. The minimum absolute atomic E-state index is 0.0831. The van der Waals surface area contributed by atoms with Crippen LogP contribution in [0.5, 0.6) is 0 Å². The molecule has 0 radical (unpaired) electrons. The Bertz CT molecular complexity index is 649. The maximum atomic E-state index is 11.8. The summed E-state index contributed by atoms with van der Waals surface area (Å²) in [5, 5.41) is 0. The average Bonchev–Trinajstić information content (AvgIpc) is 2.33. The van der Waals surface area contributed by atoms with Crippen molar-refractivity contribution >= 4 is 17.2 Å². The molecule has 0 bridgehead atoms. The zero-order chi connectivity index (χ0) is 13.1. The minimum atomic E-state index is -0.0831. The number of aromatic nitrogens is 2. The van der Waals surface area contributed by atoms with E-state index in [1.807, 2.05) is 24.3 Å². The van der Waals surface area contributed by atoms with E-state index in [0.29, 0.717) is 17.2 Å². The van der Waals surface area contributed by atoms with E-state index in [9.17, 15) is 4.79 Å². The lowest BCUT2D eigenvalue weighted by molar-refractivity contribution is 0.729. The van der Waals surface area contributed by atoms with Crippen molar-refractivity contribution in [3.63, 3.8) is 0 Å². The van der Waals surface area contributed by atoms with Crippen molar-refractivity contribution in [3.8, 4) is 0 Å². The van der Waals surface area contributed by atoms with E-state index >= 15 is 0 Å². The average molecular weight is 259 g/mol. The van der Waals surface area contributed by atoms with Crippen molar-refractivity contribution < 1.29 is 0 Å². The van der Waals surface area contributed by atoms with Crippen LogP contribution in [0.3, 0.4) is 0 Å². The number of nitrogens with two attached hydrogens (primary N) is 1. The van der Waals surface area contributed by atoms with Crippen molar-refractivity contribution in [2.45, 2.75) is 13.5 Å². The summed E-state index contributed by atoms with van der Waals surface area (Å²) in [6.45, 7) is 2.20. The van der Waals surface area contributed by atoms with Crippen molar-refractivity contribution in [1.82, 2.24) is 9.55 Å². The Morgan fingerprint density at radius 1 is 1.44 bits per heavy atom. The number of benzene rings is 1. The molecule has 2 aromatic rings. The first-order chi connectivity index (χ1) is 8.58. The molecule has 0 aliphatic heterocycles. The first-order valence-corrected chi connectivity index (χ1v) is 5.89. The molecule has 1 aromatic heterocycles. The van der Waals surface area contributed by atoms with Gasteiger partial charge < -0.3 is 5.73 Å². The van der Waals surface area contributed by atoms with E-state index < -0.39 is 0 Å². The topological polar surface area (TPSA) is 60.9 Å². The molecule has 0 amide bonds. The normalized spacial score (nSPS) is 10.3. The van der Waals surface area contributed by atoms with Gasteiger partial charge in [0, 0.05) is 17.3 Å². The van der Waals surface area contributed by atoms with Crippen LogP contribution in [-0.4, -0.2) is 14.5 Å². The molecular weight excluding hydrogens is 246 g/mol. The Morgan fingerprint density at radius 3 is 2.83 bits per heavy atom. The van der Waals surface area contributed by atoms with Crippen LogP contribution in [0.1, 0.15) is 16.8 Å². The zero-order valence-corrected chi connectivity index (χ0v) is 10.8. The lowest BCUT2D eigenvalue weighted by Crippen LogP contribution is -2.22. The number of aryl methyl sites for hydroxylation is 1. The van der Waals surface area contributed by atoms with Gasteiger partial charge >= 0.3 is 0 Å². The predicted molar refractivity (Wildman–Crippen MR) is 74.7 cm³/mol. The van der Waals surface area contributed by atoms with Crippen LogP contribution >= 0.6 is 12.2 Å². The molecule has 5 heteroatoms. The third-order valence-corrected chi connectivity index (χ3v) is 2.86. The number of hydrogen-bond donors (Lipinski definition) is 1. The fourth-order valence-electron chi connectivity index (χ4n) is 1.72. The smallest absolute Gasteiger partial charge is 0.253 e. The number of thiocarbonyl (C=S) groups is 1. The molecule has 1 heterocycles. The molecule has 0 atom stereocenters. The monoisotopic (exact) mass is 259 g/mol. The van der Waals surface area contributed by atoms with Crippen LogP contribution < -0.4 is 11.3 Å². The van der Waals surface area contributed by atoms with E-state index in [2.05, 4.69) is 4.98 Å². The zero-order valence-electron chi connectivity index (χ0n) is 9.96. The van der Waals surface area contributed by atoms with Gasteiger partial charge in [-0.2, -0.15) is 0 Å². The summed E-state index contributed by atoms with van der Waals surface area (Å²) in [7, 11) is 0. The van der Waals surface area contributed by atoms with E-state index in [1.54, 1.807) is 6.92 Å². The van der Waals surface area contributed by atoms with Crippen LogP contribution in [0.25, 0.3) is 0 Å². The standard InChI is InChI=1S/C13H13N3OS/c1-9-6-12(17)16(8-15-9)7-10-4-2-3-5-11(10)13(14)18/h2-6,8H,7H2,1H3,(H2,14,18). The molecule has 0 aliphatic rings. The molecule has 0 aliphatic carbocycles. The highest BCUT2D eigenvalue weighted by Gasteiger charge is 2.06. The van der Waals surface area contributed by atoms with E-state index in [1.165, 1.54) is 17.0 Å². The van der Waals surface area contributed by atoms with Crippen LogP contribution in [0.15, 0.2) is 41.5 Å². The Kier molecular flexibility index (Phi) is 3.53. The van der Waals surface area contributed by atoms with Gasteiger partial charge in [0.25, 0.3) is 5.56 Å². The van der Waals surface area contributed by atoms with Crippen LogP contribution in [-0.2, 0) is 6.54 Å². The predicted octanol–water partition coefficient (Wildman–Crippen LogP) is 1.23. The van der Waals surface area contributed by atoms with E-state index in [4.69, 9.17) is 18.0 Å². The highest BCUT2D eigenvalue weighted by Crippen LogP contribution is 2.09. The SMILES string of the molecule is Cc1cc(=O)n(Cc2ccccc2C(N)=S)cn1. The fourth-order valence-corrected chi connectivity index (χ4v) is 1.92. The summed E-state index contributed by atoms with van der Waals surface area (Å²) in [6.07, 6.45) is 1.54. The second-order valence-electron chi connectivity index (χ2n) is 4.02. The number of hydrogen-bond acceptors (Lipinski definition) is 3. The van der Waals surface area contributed by atoms with Crippen LogP contribution in [0, 0.1) is 6.92 Å². The van der Waals surface area contributed by atoms with Crippen LogP contribution in [0.2, 0.25) is 0 Å². The second kappa shape index (κ2) is 5.10. The van der Waals surface area contributed by atoms with Crippen molar-refractivity contribution in [2.24, 2.45) is 5.73 Å². The first-order valence-electron chi connectivity index (χ1n) is 5.49. The Morgan fingerprint density at radius 2 is 2.17 bits per heavy atom. The third-order valence-electron chi connectivity index (χ3n) is 2.64. The number of rotatable bonds is 3. The van der Waals surface area contributed by atoms with Gasteiger partial charge in [0.15, 0.2) is 0 Å². The largest absolute Gasteiger partial charge is 0.389 e. The molecule has 18 heavy (non-hydrogen) atoms. The maximum absolute atomic E-state index is 11.8. The lowest BCUT2D eigenvalue weighted by Gasteiger charge is -2.09. The molecule has 2 rings (SSSR count). The fraction of sp³-hybridized carbons (Fsp3) is 0.154. The number of nitrogens with zero attached hydrogens (tertiary/aromatic N) is 2. The van der Waals surface area contributed by atoms with Gasteiger partial charge in [0.1, 0.15) is 4.99 Å². The molecule has 2 N–H and O–H groups in total. The summed E-state index contributed by atoms with van der Waals surface area (Å²) in [6, 6.07) is 9.02. The van der Waals surface area contributed by atoms with Gasteiger partial charge in [0.05, 0.1) is 12.9 Å². The summed E-state index contributed by atoms with van der Waals surface area (Å²) in [4.78, 5) is 16.2. The molecule has 0 saturated heterocycles. The van der Waals surface area contributed by atoms with Crippen molar-refractivity contribution in [1.29, 1.82) is 0 Å². The molecule has 1 aromatic carbocycles. The lowest BCUT2D eigenvalue weighted by atomic mass is 10.1. The van der Waals surface area contributed by atoms with Crippen molar-refractivity contribution in [2.75, 3.05) is 0 Å². The quantitative estimate of drug-likeness (QED) is 0.842. The summed E-state index contributed by atoms with van der Waals surface area (Å²) in [5.41, 5.74) is 7.99. The third kappa shape index (κ3) is 2.62. The minimum Gasteiger partial charge on any atom is -0.389 e. The van der Waals surface area contributed by atoms with Gasteiger partial charge in [-0.25, -0.2) is 4.98 Å². The Labute approximate surface area is 110 Å². The van der Waals surface area contributed by atoms with E-state index in [-0.39, 0.29) is 5.56 Å². The Balaban J connectivity index is 2.40. The highest BCUT2D eigenvalue weighted by molar-refractivity contribution is 7.80. The highest BCUT2D eigenvalue weighted by atomic mass is 32.1. The molecule has 0 unspecified atom stereocenters.